The minimum atomic E-state index is -0.703. The van der Waals surface area contributed by atoms with Crippen LogP contribution in [0.2, 0.25) is 0 Å². The van der Waals surface area contributed by atoms with Gasteiger partial charge >= 0.3 is 5.97 Å². The van der Waals surface area contributed by atoms with E-state index in [1.165, 1.54) is 12.8 Å². The SMILES string of the molecule is O=C(O)CCC1CCCCN1CCOc1cccc(Br)c1. The van der Waals surface area contributed by atoms with Crippen LogP contribution < -0.4 is 4.74 Å². The number of halogens is 1. The molecule has 1 fully saturated rings. The van der Waals surface area contributed by atoms with Crippen molar-refractivity contribution in [3.05, 3.63) is 28.7 Å². The third kappa shape index (κ3) is 5.67. The normalized spacial score (nSPS) is 19.4. The van der Waals surface area contributed by atoms with Gasteiger partial charge in [0.05, 0.1) is 0 Å². The molecule has 1 unspecified atom stereocenters. The lowest BCUT2D eigenvalue weighted by Gasteiger charge is -2.35. The van der Waals surface area contributed by atoms with E-state index in [0.29, 0.717) is 12.6 Å². The predicted octanol–water partition coefficient (Wildman–Crippen LogP) is 3.55. The zero-order valence-electron chi connectivity index (χ0n) is 12.1. The number of likely N-dealkylation sites (tertiary alicyclic amines) is 1. The summed E-state index contributed by atoms with van der Waals surface area (Å²) in [6.45, 7) is 2.54. The monoisotopic (exact) mass is 355 g/mol. The fourth-order valence-electron chi connectivity index (χ4n) is 2.81. The highest BCUT2D eigenvalue weighted by Crippen LogP contribution is 2.21. The lowest BCUT2D eigenvalue weighted by atomic mass is 9.98. The molecular weight excluding hydrogens is 334 g/mol. The van der Waals surface area contributed by atoms with Gasteiger partial charge in [-0.15, -0.1) is 0 Å². The first-order valence-electron chi connectivity index (χ1n) is 7.49. The molecule has 21 heavy (non-hydrogen) atoms. The fourth-order valence-corrected chi connectivity index (χ4v) is 3.19. The van der Waals surface area contributed by atoms with Gasteiger partial charge < -0.3 is 9.84 Å². The maximum atomic E-state index is 10.7. The average molecular weight is 356 g/mol. The van der Waals surface area contributed by atoms with Crippen LogP contribution in [0.4, 0.5) is 0 Å². The summed E-state index contributed by atoms with van der Waals surface area (Å²) in [6.07, 6.45) is 4.50. The van der Waals surface area contributed by atoms with E-state index in [2.05, 4.69) is 20.8 Å². The number of carboxylic acids is 1. The van der Waals surface area contributed by atoms with E-state index < -0.39 is 5.97 Å². The van der Waals surface area contributed by atoms with Crippen molar-refractivity contribution in [2.24, 2.45) is 0 Å². The van der Waals surface area contributed by atoms with Crippen molar-refractivity contribution >= 4 is 21.9 Å². The Morgan fingerprint density at radius 2 is 2.29 bits per heavy atom. The summed E-state index contributed by atoms with van der Waals surface area (Å²) >= 11 is 3.43. The Balaban J connectivity index is 1.78. The van der Waals surface area contributed by atoms with Gasteiger partial charge in [0.1, 0.15) is 12.4 Å². The number of benzene rings is 1. The standard InChI is InChI=1S/C16H22BrNO3/c17-13-4-3-6-15(12-13)21-11-10-18-9-2-1-5-14(18)7-8-16(19)20/h3-4,6,12,14H,1-2,5,7-11H2,(H,19,20). The van der Waals surface area contributed by atoms with Crippen LogP contribution in [0.25, 0.3) is 0 Å². The average Bonchev–Trinajstić information content (AvgIpc) is 2.46. The first-order valence-corrected chi connectivity index (χ1v) is 8.28. The van der Waals surface area contributed by atoms with E-state index >= 15 is 0 Å². The molecule has 1 aromatic carbocycles. The van der Waals surface area contributed by atoms with Crippen molar-refractivity contribution < 1.29 is 14.6 Å². The van der Waals surface area contributed by atoms with Gasteiger partial charge in [0.15, 0.2) is 0 Å². The van der Waals surface area contributed by atoms with Gasteiger partial charge in [-0.05, 0) is 44.0 Å². The summed E-state index contributed by atoms with van der Waals surface area (Å²) in [6, 6.07) is 8.22. The number of carboxylic acid groups (broad SMARTS) is 1. The minimum absolute atomic E-state index is 0.258. The Labute approximate surface area is 134 Å². The highest BCUT2D eigenvalue weighted by Gasteiger charge is 2.22. The van der Waals surface area contributed by atoms with Crippen molar-refractivity contribution in [3.63, 3.8) is 0 Å². The molecule has 0 bridgehead atoms. The largest absolute Gasteiger partial charge is 0.492 e. The van der Waals surface area contributed by atoms with Crippen LogP contribution in [0.1, 0.15) is 32.1 Å². The summed E-state index contributed by atoms with van der Waals surface area (Å²) in [7, 11) is 0. The van der Waals surface area contributed by atoms with E-state index in [9.17, 15) is 4.79 Å². The lowest BCUT2D eigenvalue weighted by Crippen LogP contribution is -2.42. The molecule has 1 aliphatic heterocycles. The van der Waals surface area contributed by atoms with Gasteiger partial charge in [-0.25, -0.2) is 0 Å². The van der Waals surface area contributed by atoms with Crippen LogP contribution in [0.3, 0.4) is 0 Å². The molecule has 4 nitrogen and oxygen atoms in total. The van der Waals surface area contributed by atoms with Gasteiger partial charge in [-0.3, -0.25) is 9.69 Å². The topological polar surface area (TPSA) is 49.8 Å². The number of hydrogen-bond donors (Lipinski definition) is 1. The molecule has 1 heterocycles. The predicted molar refractivity (Wildman–Crippen MR) is 85.7 cm³/mol. The van der Waals surface area contributed by atoms with Crippen LogP contribution in [-0.4, -0.2) is 41.7 Å². The van der Waals surface area contributed by atoms with Crippen molar-refractivity contribution in [1.82, 2.24) is 4.90 Å². The number of aliphatic carboxylic acids is 1. The number of nitrogens with zero attached hydrogens (tertiary/aromatic N) is 1. The van der Waals surface area contributed by atoms with Crippen LogP contribution in [0, 0.1) is 0 Å². The zero-order valence-corrected chi connectivity index (χ0v) is 13.7. The highest BCUT2D eigenvalue weighted by atomic mass is 79.9. The van der Waals surface area contributed by atoms with E-state index in [4.69, 9.17) is 9.84 Å². The minimum Gasteiger partial charge on any atom is -0.492 e. The third-order valence-electron chi connectivity index (χ3n) is 3.88. The van der Waals surface area contributed by atoms with Crippen molar-refractivity contribution in [3.8, 4) is 5.75 Å². The Morgan fingerprint density at radius 3 is 3.05 bits per heavy atom. The van der Waals surface area contributed by atoms with Gasteiger partial charge in [-0.1, -0.05) is 28.4 Å². The molecule has 0 radical (unpaired) electrons. The van der Waals surface area contributed by atoms with E-state index in [0.717, 1.165) is 36.2 Å². The Hall–Kier alpha value is -1.07. The number of piperidine rings is 1. The molecule has 0 aliphatic carbocycles. The second kappa shape index (κ2) is 8.39. The number of carbonyl (C=O) groups is 1. The molecule has 2 rings (SSSR count). The first kappa shape index (κ1) is 16.3. The molecule has 1 aromatic rings. The van der Waals surface area contributed by atoms with E-state index in [1.54, 1.807) is 0 Å². The molecule has 0 amide bonds. The molecule has 0 saturated carbocycles. The smallest absolute Gasteiger partial charge is 0.303 e. The molecule has 1 N–H and O–H groups in total. The molecule has 0 aromatic heterocycles. The Bertz CT molecular complexity index is 467. The van der Waals surface area contributed by atoms with Gasteiger partial charge in [0.25, 0.3) is 0 Å². The van der Waals surface area contributed by atoms with Crippen molar-refractivity contribution in [2.75, 3.05) is 19.7 Å². The number of hydrogen-bond acceptors (Lipinski definition) is 3. The maximum absolute atomic E-state index is 10.7. The van der Waals surface area contributed by atoms with Gasteiger partial charge in [0, 0.05) is 23.5 Å². The second-order valence-corrected chi connectivity index (χ2v) is 6.34. The van der Waals surface area contributed by atoms with Crippen molar-refractivity contribution in [2.45, 2.75) is 38.1 Å². The molecule has 5 heteroatoms. The summed E-state index contributed by atoms with van der Waals surface area (Å²) < 4.78 is 6.79. The van der Waals surface area contributed by atoms with E-state index in [-0.39, 0.29) is 6.42 Å². The maximum Gasteiger partial charge on any atom is 0.303 e. The second-order valence-electron chi connectivity index (χ2n) is 5.42. The molecule has 1 aliphatic rings. The Kier molecular flexibility index (Phi) is 6.51. The van der Waals surface area contributed by atoms with Gasteiger partial charge in [-0.2, -0.15) is 0 Å². The summed E-state index contributed by atoms with van der Waals surface area (Å²) in [5, 5.41) is 8.83. The Morgan fingerprint density at radius 1 is 1.43 bits per heavy atom. The van der Waals surface area contributed by atoms with Crippen LogP contribution in [-0.2, 0) is 4.79 Å². The molecule has 1 saturated heterocycles. The molecule has 116 valence electrons. The van der Waals surface area contributed by atoms with Gasteiger partial charge in [0.2, 0.25) is 0 Å². The van der Waals surface area contributed by atoms with Crippen LogP contribution >= 0.6 is 15.9 Å². The third-order valence-corrected chi connectivity index (χ3v) is 4.38. The quantitative estimate of drug-likeness (QED) is 0.812. The van der Waals surface area contributed by atoms with E-state index in [1.807, 2.05) is 24.3 Å². The molecule has 0 spiro atoms. The van der Waals surface area contributed by atoms with Crippen LogP contribution in [0.15, 0.2) is 28.7 Å². The van der Waals surface area contributed by atoms with Crippen molar-refractivity contribution in [1.29, 1.82) is 0 Å². The summed E-state index contributed by atoms with van der Waals surface area (Å²) in [5.74, 6) is 0.161. The number of rotatable bonds is 7. The summed E-state index contributed by atoms with van der Waals surface area (Å²) in [5.41, 5.74) is 0. The fraction of sp³-hybridized carbons (Fsp3) is 0.562. The molecule has 1 atom stereocenters. The molecular formula is C16H22BrNO3. The summed E-state index contributed by atoms with van der Waals surface area (Å²) in [4.78, 5) is 13.1. The highest BCUT2D eigenvalue weighted by molar-refractivity contribution is 9.10. The number of ether oxygens (including phenoxy) is 1. The lowest BCUT2D eigenvalue weighted by molar-refractivity contribution is -0.137. The van der Waals surface area contributed by atoms with Crippen LogP contribution in [0.5, 0.6) is 5.75 Å². The zero-order chi connectivity index (χ0) is 15.1. The first-order chi connectivity index (χ1) is 10.1.